The Balaban J connectivity index is 4.39. The number of hydrogen-bond acceptors (Lipinski definition) is 6. The Kier molecular flexibility index (Phi) is 49.3. The molecule has 1 unspecified atom stereocenters. The lowest BCUT2D eigenvalue weighted by atomic mass is 10.0. The smallest absolute Gasteiger partial charge is 0.306 e. The first-order valence-corrected chi connectivity index (χ1v) is 27.0. The van der Waals surface area contributed by atoms with Crippen molar-refractivity contribution in [3.05, 3.63) is 36.5 Å². The van der Waals surface area contributed by atoms with Crippen LogP contribution in [-0.2, 0) is 28.6 Å². The van der Waals surface area contributed by atoms with Gasteiger partial charge in [-0.3, -0.25) is 14.4 Å². The van der Waals surface area contributed by atoms with Crippen LogP contribution in [0.15, 0.2) is 36.5 Å². The third-order valence-corrected chi connectivity index (χ3v) is 11.9. The highest BCUT2D eigenvalue weighted by Crippen LogP contribution is 2.16. The van der Waals surface area contributed by atoms with E-state index in [-0.39, 0.29) is 31.1 Å². The van der Waals surface area contributed by atoms with Gasteiger partial charge in [-0.2, -0.15) is 0 Å². The molecule has 362 valence electrons. The van der Waals surface area contributed by atoms with Crippen molar-refractivity contribution in [3.8, 4) is 0 Å². The molecule has 0 aliphatic rings. The normalized spacial score (nSPS) is 12.2. The molecule has 1 atom stereocenters. The summed E-state index contributed by atoms with van der Waals surface area (Å²) in [6.07, 6.45) is 59.9. The number of carbonyl (C=O) groups is 3. The summed E-state index contributed by atoms with van der Waals surface area (Å²) in [6, 6.07) is 0. The molecule has 0 radical (unpaired) electrons. The van der Waals surface area contributed by atoms with Gasteiger partial charge in [-0.05, 0) is 51.4 Å². The van der Waals surface area contributed by atoms with Gasteiger partial charge in [0.2, 0.25) is 0 Å². The maximum Gasteiger partial charge on any atom is 0.306 e. The zero-order chi connectivity index (χ0) is 45.1. The Morgan fingerprint density at radius 1 is 0.323 bits per heavy atom. The van der Waals surface area contributed by atoms with Crippen molar-refractivity contribution in [2.24, 2.45) is 0 Å². The molecule has 0 saturated carbocycles. The molecular formula is C56H102O6. The molecule has 0 saturated heterocycles. The molecule has 0 amide bonds. The minimum absolute atomic E-state index is 0.0833. The summed E-state index contributed by atoms with van der Waals surface area (Å²) >= 11 is 0. The van der Waals surface area contributed by atoms with Crippen molar-refractivity contribution in [1.29, 1.82) is 0 Å². The largest absolute Gasteiger partial charge is 0.462 e. The van der Waals surface area contributed by atoms with Crippen molar-refractivity contribution in [2.45, 2.75) is 290 Å². The van der Waals surface area contributed by atoms with Gasteiger partial charge in [0.05, 0.1) is 0 Å². The first-order valence-electron chi connectivity index (χ1n) is 27.0. The summed E-state index contributed by atoms with van der Waals surface area (Å²) in [7, 11) is 0. The van der Waals surface area contributed by atoms with E-state index in [4.69, 9.17) is 14.2 Å². The van der Waals surface area contributed by atoms with Crippen LogP contribution in [0, 0.1) is 0 Å². The fraction of sp³-hybridized carbons (Fsp3) is 0.839. The molecule has 0 aliphatic heterocycles. The predicted octanol–water partition coefficient (Wildman–Crippen LogP) is 17.7. The number of hydrogen-bond donors (Lipinski definition) is 0. The first kappa shape index (κ1) is 59.6. The summed E-state index contributed by atoms with van der Waals surface area (Å²) < 4.78 is 16.8. The summed E-state index contributed by atoms with van der Waals surface area (Å²) in [6.45, 7) is 6.61. The third kappa shape index (κ3) is 48.7. The molecule has 0 spiro atoms. The van der Waals surface area contributed by atoms with Gasteiger partial charge < -0.3 is 14.2 Å². The molecule has 0 fully saturated rings. The van der Waals surface area contributed by atoms with Gasteiger partial charge in [-0.1, -0.05) is 250 Å². The van der Waals surface area contributed by atoms with E-state index < -0.39 is 6.10 Å². The average Bonchev–Trinajstić information content (AvgIpc) is 3.27. The highest BCUT2D eigenvalue weighted by molar-refractivity contribution is 5.71. The van der Waals surface area contributed by atoms with Crippen LogP contribution in [-0.4, -0.2) is 37.2 Å². The second kappa shape index (κ2) is 51.3. The zero-order valence-electron chi connectivity index (χ0n) is 41.4. The van der Waals surface area contributed by atoms with Crippen molar-refractivity contribution in [2.75, 3.05) is 13.2 Å². The predicted molar refractivity (Wildman–Crippen MR) is 266 cm³/mol. The van der Waals surface area contributed by atoms with Gasteiger partial charge in [0.25, 0.3) is 0 Å². The fourth-order valence-corrected chi connectivity index (χ4v) is 7.81. The van der Waals surface area contributed by atoms with E-state index in [0.29, 0.717) is 25.7 Å². The van der Waals surface area contributed by atoms with E-state index in [1.165, 1.54) is 180 Å². The fourth-order valence-electron chi connectivity index (χ4n) is 7.81. The van der Waals surface area contributed by atoms with Gasteiger partial charge >= 0.3 is 17.9 Å². The van der Waals surface area contributed by atoms with E-state index in [9.17, 15) is 14.4 Å². The van der Waals surface area contributed by atoms with Crippen LogP contribution in [0.5, 0.6) is 0 Å². The van der Waals surface area contributed by atoms with Crippen molar-refractivity contribution in [1.82, 2.24) is 0 Å². The van der Waals surface area contributed by atoms with Gasteiger partial charge in [0.15, 0.2) is 6.10 Å². The zero-order valence-corrected chi connectivity index (χ0v) is 41.4. The van der Waals surface area contributed by atoms with E-state index in [1.807, 2.05) is 0 Å². The topological polar surface area (TPSA) is 78.9 Å². The Morgan fingerprint density at radius 2 is 0.597 bits per heavy atom. The lowest BCUT2D eigenvalue weighted by Gasteiger charge is -2.18. The molecule has 0 aromatic carbocycles. The van der Waals surface area contributed by atoms with Crippen LogP contribution >= 0.6 is 0 Å². The van der Waals surface area contributed by atoms with E-state index in [0.717, 1.165) is 57.8 Å². The Hall–Kier alpha value is -2.37. The number of carbonyl (C=O) groups excluding carboxylic acids is 3. The van der Waals surface area contributed by atoms with E-state index >= 15 is 0 Å². The standard InChI is InChI=1S/C56H102O6/c1-4-7-10-13-16-19-22-24-26-28-30-31-34-37-40-43-46-49-55(58)61-52-53(51-60-54(57)48-45-42-39-36-33-21-18-15-12-9-6-3)62-56(59)50-47-44-41-38-35-32-29-27-25-23-20-17-14-11-8-5-2/h24,26,30-31,37,40,53H,4-23,25,27-29,32-36,38-39,41-52H2,1-3H3/b26-24-,31-30-,40-37-. The average molecular weight is 871 g/mol. The molecule has 6 nitrogen and oxygen atoms in total. The molecule has 0 heterocycles. The molecular weight excluding hydrogens is 769 g/mol. The lowest BCUT2D eigenvalue weighted by molar-refractivity contribution is -0.167. The minimum Gasteiger partial charge on any atom is -0.462 e. The second-order valence-electron chi connectivity index (χ2n) is 18.2. The molecule has 0 bridgehead atoms. The van der Waals surface area contributed by atoms with Crippen molar-refractivity contribution >= 4 is 17.9 Å². The maximum atomic E-state index is 12.8. The van der Waals surface area contributed by atoms with E-state index in [1.54, 1.807) is 0 Å². The van der Waals surface area contributed by atoms with Crippen LogP contribution in [0.4, 0.5) is 0 Å². The Bertz CT molecular complexity index is 1050. The monoisotopic (exact) mass is 871 g/mol. The van der Waals surface area contributed by atoms with Gasteiger partial charge in [-0.15, -0.1) is 0 Å². The molecule has 0 aliphatic carbocycles. The van der Waals surface area contributed by atoms with Crippen molar-refractivity contribution < 1.29 is 28.6 Å². The number of esters is 3. The van der Waals surface area contributed by atoms with Crippen molar-refractivity contribution in [3.63, 3.8) is 0 Å². The number of unbranched alkanes of at least 4 members (excludes halogenated alkanes) is 32. The highest BCUT2D eigenvalue weighted by Gasteiger charge is 2.19. The quantitative estimate of drug-likeness (QED) is 0.0262. The summed E-state index contributed by atoms with van der Waals surface area (Å²) in [5.41, 5.74) is 0. The van der Waals surface area contributed by atoms with Gasteiger partial charge in [-0.25, -0.2) is 0 Å². The van der Waals surface area contributed by atoms with Crippen LogP contribution in [0.25, 0.3) is 0 Å². The molecule has 0 aromatic heterocycles. The van der Waals surface area contributed by atoms with Crippen LogP contribution in [0.1, 0.15) is 284 Å². The van der Waals surface area contributed by atoms with Crippen LogP contribution in [0.3, 0.4) is 0 Å². The highest BCUT2D eigenvalue weighted by atomic mass is 16.6. The molecule has 0 rings (SSSR count). The van der Waals surface area contributed by atoms with Gasteiger partial charge in [0.1, 0.15) is 13.2 Å². The molecule has 62 heavy (non-hydrogen) atoms. The summed E-state index contributed by atoms with van der Waals surface area (Å²) in [5.74, 6) is -0.925. The van der Waals surface area contributed by atoms with E-state index in [2.05, 4.69) is 57.2 Å². The third-order valence-electron chi connectivity index (χ3n) is 11.9. The van der Waals surface area contributed by atoms with Crippen LogP contribution < -0.4 is 0 Å². The summed E-state index contributed by atoms with van der Waals surface area (Å²) in [4.78, 5) is 38.0. The van der Waals surface area contributed by atoms with Gasteiger partial charge in [0, 0.05) is 19.3 Å². The van der Waals surface area contributed by atoms with Crippen LogP contribution in [0.2, 0.25) is 0 Å². The Morgan fingerprint density at radius 3 is 0.968 bits per heavy atom. The summed E-state index contributed by atoms with van der Waals surface area (Å²) in [5, 5.41) is 0. The molecule has 6 heteroatoms. The lowest BCUT2D eigenvalue weighted by Crippen LogP contribution is -2.30. The SMILES string of the molecule is CCCCCCCC/C=C\C/C=C\C/C=C\CCCC(=O)OCC(COC(=O)CCCCCCCCCCCCC)OC(=O)CCCCCCCCCCCCCCCCCC. The molecule has 0 N–H and O–H groups in total. The minimum atomic E-state index is -0.786. The maximum absolute atomic E-state index is 12.8. The molecule has 0 aromatic rings. The first-order chi connectivity index (χ1) is 30.5. The number of ether oxygens (including phenoxy) is 3. The number of allylic oxidation sites excluding steroid dienone is 6. The Labute approximate surface area is 385 Å². The second-order valence-corrected chi connectivity index (χ2v) is 18.2. The number of rotatable bonds is 49.